The molecule has 3 aliphatic rings. The second-order valence-corrected chi connectivity index (χ2v) is 9.38. The summed E-state index contributed by atoms with van der Waals surface area (Å²) in [6, 6.07) is 11.2. The summed E-state index contributed by atoms with van der Waals surface area (Å²) in [4.78, 5) is 44.2. The predicted octanol–water partition coefficient (Wildman–Crippen LogP) is 3.96. The summed E-state index contributed by atoms with van der Waals surface area (Å²) in [7, 11) is 0. The molecule has 0 radical (unpaired) electrons. The minimum atomic E-state index is -4.47. The van der Waals surface area contributed by atoms with Gasteiger partial charge in [0.15, 0.2) is 0 Å². The molecular weight excluding hydrogens is 459 g/mol. The highest BCUT2D eigenvalue weighted by Gasteiger charge is 2.40. The van der Waals surface area contributed by atoms with Gasteiger partial charge in [-0.15, -0.1) is 0 Å². The lowest BCUT2D eigenvalue weighted by Gasteiger charge is -2.38. The van der Waals surface area contributed by atoms with Crippen LogP contribution in [0.2, 0.25) is 0 Å². The number of hydrogen-bond acceptors (Lipinski definition) is 3. The quantitative estimate of drug-likeness (QED) is 0.662. The first kappa shape index (κ1) is 23.4. The molecule has 0 aromatic heterocycles. The normalized spacial score (nSPS) is 20.9. The van der Waals surface area contributed by atoms with Gasteiger partial charge in [0.05, 0.1) is 5.56 Å². The minimum absolute atomic E-state index is 0.0366. The van der Waals surface area contributed by atoms with Gasteiger partial charge in [-0.1, -0.05) is 18.2 Å². The van der Waals surface area contributed by atoms with Crippen molar-refractivity contribution in [1.82, 2.24) is 14.7 Å². The zero-order valence-corrected chi connectivity index (χ0v) is 19.1. The number of halogens is 3. The highest BCUT2D eigenvalue weighted by molar-refractivity contribution is 5.99. The first-order valence-corrected chi connectivity index (χ1v) is 11.9. The molecule has 9 heteroatoms. The van der Waals surface area contributed by atoms with Gasteiger partial charge in [0.1, 0.15) is 6.04 Å². The maximum atomic E-state index is 13.3. The minimum Gasteiger partial charge on any atom is -0.341 e. The van der Waals surface area contributed by atoms with Crippen molar-refractivity contribution in [2.75, 3.05) is 19.6 Å². The second kappa shape index (κ2) is 9.02. The number of amides is 3. The van der Waals surface area contributed by atoms with Gasteiger partial charge < -0.3 is 14.7 Å². The van der Waals surface area contributed by atoms with Crippen molar-refractivity contribution in [2.24, 2.45) is 0 Å². The number of piperidine rings is 1. The fourth-order valence-corrected chi connectivity index (χ4v) is 5.41. The third kappa shape index (κ3) is 4.39. The van der Waals surface area contributed by atoms with Crippen molar-refractivity contribution < 1.29 is 27.6 Å². The summed E-state index contributed by atoms with van der Waals surface area (Å²) in [5.41, 5.74) is 1.10. The number of benzene rings is 2. The summed E-state index contributed by atoms with van der Waals surface area (Å²) in [5.74, 6) is -0.517. The molecule has 5 rings (SSSR count). The van der Waals surface area contributed by atoms with E-state index in [2.05, 4.69) is 0 Å². The molecule has 0 aliphatic carbocycles. The van der Waals surface area contributed by atoms with Crippen LogP contribution in [0.3, 0.4) is 0 Å². The fraction of sp³-hybridized carbons (Fsp3) is 0.423. The van der Waals surface area contributed by atoms with E-state index in [-0.39, 0.29) is 23.4 Å². The Morgan fingerprint density at radius 3 is 2.23 bits per heavy atom. The van der Waals surface area contributed by atoms with Crippen LogP contribution in [0.5, 0.6) is 0 Å². The highest BCUT2D eigenvalue weighted by atomic mass is 19.4. The van der Waals surface area contributed by atoms with E-state index in [0.29, 0.717) is 51.9 Å². The number of likely N-dealkylation sites (tertiary alicyclic amines) is 2. The Balaban J connectivity index is 1.21. The first-order valence-electron chi connectivity index (χ1n) is 11.9. The molecule has 2 aromatic carbocycles. The Morgan fingerprint density at radius 2 is 1.57 bits per heavy atom. The number of nitrogens with zero attached hydrogens (tertiary/aromatic N) is 3. The zero-order valence-electron chi connectivity index (χ0n) is 19.1. The number of rotatable bonds is 3. The Bertz CT molecular complexity index is 1140. The van der Waals surface area contributed by atoms with Crippen LogP contribution in [0, 0.1) is 0 Å². The number of alkyl halides is 3. The van der Waals surface area contributed by atoms with Crippen molar-refractivity contribution in [3.8, 4) is 0 Å². The molecule has 0 bridgehead atoms. The fourth-order valence-electron chi connectivity index (χ4n) is 5.41. The maximum Gasteiger partial charge on any atom is 0.416 e. The third-order valence-corrected chi connectivity index (χ3v) is 7.32. The third-order valence-electron chi connectivity index (χ3n) is 7.32. The van der Waals surface area contributed by atoms with Crippen LogP contribution in [-0.4, -0.2) is 64.1 Å². The van der Waals surface area contributed by atoms with E-state index in [4.69, 9.17) is 0 Å². The predicted molar refractivity (Wildman–Crippen MR) is 121 cm³/mol. The molecule has 35 heavy (non-hydrogen) atoms. The molecule has 6 nitrogen and oxygen atoms in total. The van der Waals surface area contributed by atoms with Gasteiger partial charge in [-0.05, 0) is 61.6 Å². The largest absolute Gasteiger partial charge is 0.416 e. The lowest BCUT2D eigenvalue weighted by Crippen LogP contribution is -2.52. The van der Waals surface area contributed by atoms with Crippen molar-refractivity contribution in [2.45, 2.75) is 50.5 Å². The van der Waals surface area contributed by atoms with Crippen LogP contribution >= 0.6 is 0 Å². The van der Waals surface area contributed by atoms with Crippen molar-refractivity contribution >= 4 is 17.7 Å². The molecule has 1 atom stereocenters. The Kier molecular flexibility index (Phi) is 6.02. The van der Waals surface area contributed by atoms with Gasteiger partial charge in [0.25, 0.3) is 11.8 Å². The van der Waals surface area contributed by atoms with E-state index >= 15 is 0 Å². The molecule has 0 N–H and O–H groups in total. The number of carbonyl (C=O) groups excluding carboxylic acids is 3. The Hall–Kier alpha value is -3.36. The molecule has 3 heterocycles. The average Bonchev–Trinajstić information content (AvgIpc) is 3.48. The summed E-state index contributed by atoms with van der Waals surface area (Å²) in [6.45, 7) is 1.99. The zero-order chi connectivity index (χ0) is 24.7. The Morgan fingerprint density at radius 1 is 0.886 bits per heavy atom. The van der Waals surface area contributed by atoms with Crippen molar-refractivity contribution in [3.05, 3.63) is 70.8 Å². The molecular formula is C26H26F3N3O3. The summed E-state index contributed by atoms with van der Waals surface area (Å²) in [6.07, 6.45) is -1.93. The van der Waals surface area contributed by atoms with Crippen LogP contribution in [0.4, 0.5) is 13.2 Å². The molecule has 0 saturated carbocycles. The SMILES string of the molecule is O=C(C1CCCN1C(=O)c1ccc(C(F)(F)F)cc1)N1CCC(N2Cc3ccccc3C2=O)CC1. The smallest absolute Gasteiger partial charge is 0.341 e. The lowest BCUT2D eigenvalue weighted by molar-refractivity contribution is -0.138. The van der Waals surface area contributed by atoms with E-state index in [1.54, 1.807) is 4.90 Å². The van der Waals surface area contributed by atoms with E-state index < -0.39 is 23.7 Å². The number of fused-ring (bicyclic) bond motifs is 1. The number of carbonyl (C=O) groups is 3. The molecule has 184 valence electrons. The van der Waals surface area contributed by atoms with E-state index in [1.807, 2.05) is 29.2 Å². The van der Waals surface area contributed by atoms with Crippen LogP contribution < -0.4 is 0 Å². The van der Waals surface area contributed by atoms with Crippen LogP contribution in [0.15, 0.2) is 48.5 Å². The highest BCUT2D eigenvalue weighted by Crippen LogP contribution is 2.31. The van der Waals surface area contributed by atoms with E-state index in [0.717, 1.165) is 23.3 Å². The Labute approximate surface area is 201 Å². The average molecular weight is 486 g/mol. The number of hydrogen-bond donors (Lipinski definition) is 0. The van der Waals surface area contributed by atoms with Gasteiger partial charge in [0, 0.05) is 43.3 Å². The van der Waals surface area contributed by atoms with E-state index in [9.17, 15) is 27.6 Å². The molecule has 0 spiro atoms. The molecule has 2 saturated heterocycles. The second-order valence-electron chi connectivity index (χ2n) is 9.38. The van der Waals surface area contributed by atoms with Gasteiger partial charge in [-0.25, -0.2) is 0 Å². The molecule has 3 amide bonds. The van der Waals surface area contributed by atoms with Crippen molar-refractivity contribution in [3.63, 3.8) is 0 Å². The summed E-state index contributed by atoms with van der Waals surface area (Å²) in [5, 5.41) is 0. The molecule has 1 unspecified atom stereocenters. The van der Waals surface area contributed by atoms with Gasteiger partial charge >= 0.3 is 6.18 Å². The maximum absolute atomic E-state index is 13.3. The molecule has 3 aliphatic heterocycles. The molecule has 2 aromatic rings. The topological polar surface area (TPSA) is 60.9 Å². The lowest BCUT2D eigenvalue weighted by atomic mass is 10.0. The van der Waals surface area contributed by atoms with Crippen LogP contribution in [-0.2, 0) is 17.5 Å². The monoisotopic (exact) mass is 485 g/mol. The van der Waals surface area contributed by atoms with E-state index in [1.165, 1.54) is 17.0 Å². The summed E-state index contributed by atoms with van der Waals surface area (Å²) >= 11 is 0. The van der Waals surface area contributed by atoms with Gasteiger partial charge in [-0.3, -0.25) is 14.4 Å². The van der Waals surface area contributed by atoms with Crippen LogP contribution in [0.1, 0.15) is 57.5 Å². The molecule has 2 fully saturated rings. The van der Waals surface area contributed by atoms with Crippen molar-refractivity contribution in [1.29, 1.82) is 0 Å². The standard InChI is InChI=1S/C26H26F3N3O3/c27-26(28,29)19-9-7-17(8-10-19)23(33)31-13-3-6-22(31)25(35)30-14-11-20(12-15-30)32-16-18-4-1-2-5-21(18)24(32)34/h1-2,4-5,7-10,20,22H,3,6,11-16H2. The summed E-state index contributed by atoms with van der Waals surface area (Å²) < 4.78 is 38.5. The van der Waals surface area contributed by atoms with Crippen LogP contribution in [0.25, 0.3) is 0 Å². The van der Waals surface area contributed by atoms with Gasteiger partial charge in [-0.2, -0.15) is 13.2 Å². The van der Waals surface area contributed by atoms with Gasteiger partial charge in [0.2, 0.25) is 5.91 Å². The first-order chi connectivity index (χ1) is 16.7.